The molecule has 1 N–H and O–H groups in total. The lowest BCUT2D eigenvalue weighted by Crippen LogP contribution is -2.15. The number of aryl methyl sites for hydroxylation is 1. The Labute approximate surface area is 144 Å². The van der Waals surface area contributed by atoms with Crippen molar-refractivity contribution in [3.63, 3.8) is 0 Å². The molecular formula is C19H17NO5. The van der Waals surface area contributed by atoms with Crippen molar-refractivity contribution in [2.24, 2.45) is 0 Å². The third-order valence-corrected chi connectivity index (χ3v) is 3.88. The van der Waals surface area contributed by atoms with Gasteiger partial charge in [0, 0.05) is 5.39 Å². The Hall–Kier alpha value is -3.28. The number of methoxy groups -OCH3 is 2. The Bertz CT molecular complexity index is 958. The minimum atomic E-state index is -0.522. The molecule has 0 radical (unpaired) electrons. The van der Waals surface area contributed by atoms with Gasteiger partial charge in [0.1, 0.15) is 17.1 Å². The normalized spacial score (nSPS) is 10.5. The number of hydrogen-bond donors (Lipinski definition) is 1. The van der Waals surface area contributed by atoms with Crippen LogP contribution < -0.4 is 10.1 Å². The predicted octanol–water partition coefficient (Wildman–Crippen LogP) is 3.79. The third-order valence-electron chi connectivity index (χ3n) is 3.88. The average molecular weight is 339 g/mol. The molecule has 1 aromatic heterocycles. The molecule has 6 heteroatoms. The number of furan rings is 1. The highest BCUT2D eigenvalue weighted by atomic mass is 16.5. The molecule has 0 fully saturated rings. The van der Waals surface area contributed by atoms with Crippen molar-refractivity contribution < 1.29 is 23.5 Å². The second-order valence-corrected chi connectivity index (χ2v) is 5.39. The van der Waals surface area contributed by atoms with Gasteiger partial charge in [-0.3, -0.25) is 4.79 Å². The monoisotopic (exact) mass is 339 g/mol. The molecule has 3 aromatic rings. The summed E-state index contributed by atoms with van der Waals surface area (Å²) in [6.07, 6.45) is 0. The molecule has 0 unspecified atom stereocenters. The molecule has 3 rings (SSSR count). The van der Waals surface area contributed by atoms with Crippen LogP contribution in [-0.4, -0.2) is 26.1 Å². The average Bonchev–Trinajstić information content (AvgIpc) is 2.96. The molecule has 1 amide bonds. The molecule has 0 aliphatic rings. The number of amides is 1. The second-order valence-electron chi connectivity index (χ2n) is 5.39. The van der Waals surface area contributed by atoms with Gasteiger partial charge in [-0.2, -0.15) is 0 Å². The summed E-state index contributed by atoms with van der Waals surface area (Å²) in [6, 6.07) is 11.9. The van der Waals surface area contributed by atoms with Crippen LogP contribution in [0.3, 0.4) is 0 Å². The third kappa shape index (κ3) is 3.06. The number of hydrogen-bond acceptors (Lipinski definition) is 5. The molecule has 0 saturated heterocycles. The second kappa shape index (κ2) is 6.68. The zero-order valence-electron chi connectivity index (χ0n) is 14.1. The van der Waals surface area contributed by atoms with E-state index in [1.54, 1.807) is 56.5 Å². The van der Waals surface area contributed by atoms with E-state index in [1.165, 1.54) is 7.11 Å². The van der Waals surface area contributed by atoms with Crippen LogP contribution in [0, 0.1) is 6.92 Å². The van der Waals surface area contributed by atoms with Gasteiger partial charge in [-0.05, 0) is 37.3 Å². The van der Waals surface area contributed by atoms with Gasteiger partial charge in [0.05, 0.1) is 31.0 Å². The highest BCUT2D eigenvalue weighted by Crippen LogP contribution is 2.30. The maximum Gasteiger partial charge on any atom is 0.339 e. The van der Waals surface area contributed by atoms with Crippen LogP contribution in [0.5, 0.6) is 5.75 Å². The maximum atomic E-state index is 12.8. The van der Waals surface area contributed by atoms with Gasteiger partial charge in [0.25, 0.3) is 5.91 Å². The van der Waals surface area contributed by atoms with Gasteiger partial charge >= 0.3 is 5.97 Å². The number of fused-ring (bicyclic) bond motifs is 1. The molecule has 0 aliphatic carbocycles. The molecular weight excluding hydrogens is 322 g/mol. The van der Waals surface area contributed by atoms with E-state index in [9.17, 15) is 9.59 Å². The molecule has 6 nitrogen and oxygen atoms in total. The van der Waals surface area contributed by atoms with Crippen molar-refractivity contribution >= 4 is 28.5 Å². The van der Waals surface area contributed by atoms with Gasteiger partial charge in [0.2, 0.25) is 0 Å². The smallest absolute Gasteiger partial charge is 0.339 e. The Morgan fingerprint density at radius 3 is 2.56 bits per heavy atom. The van der Waals surface area contributed by atoms with Crippen LogP contribution in [0.4, 0.5) is 5.69 Å². The fourth-order valence-corrected chi connectivity index (χ4v) is 2.67. The Morgan fingerprint density at radius 1 is 1.08 bits per heavy atom. The van der Waals surface area contributed by atoms with Crippen molar-refractivity contribution in [3.8, 4) is 5.75 Å². The summed E-state index contributed by atoms with van der Waals surface area (Å²) in [5.74, 6) is 0.209. The summed E-state index contributed by atoms with van der Waals surface area (Å²) < 4.78 is 15.6. The summed E-state index contributed by atoms with van der Waals surface area (Å²) in [5, 5.41) is 3.40. The molecule has 25 heavy (non-hydrogen) atoms. The van der Waals surface area contributed by atoms with E-state index in [2.05, 4.69) is 5.32 Å². The molecule has 0 bridgehead atoms. The zero-order chi connectivity index (χ0) is 18.0. The van der Waals surface area contributed by atoms with Crippen LogP contribution in [0.1, 0.15) is 26.5 Å². The molecule has 2 aromatic carbocycles. The van der Waals surface area contributed by atoms with Crippen molar-refractivity contribution in [1.82, 2.24) is 0 Å². The number of ether oxygens (including phenoxy) is 2. The number of anilines is 1. The number of carbonyl (C=O) groups is 2. The van der Waals surface area contributed by atoms with E-state index in [0.29, 0.717) is 33.7 Å². The van der Waals surface area contributed by atoms with E-state index < -0.39 is 5.97 Å². The van der Waals surface area contributed by atoms with E-state index in [0.717, 1.165) is 0 Å². The van der Waals surface area contributed by atoms with Gasteiger partial charge in [-0.25, -0.2) is 4.79 Å². The lowest BCUT2D eigenvalue weighted by Gasteiger charge is -2.09. The number of benzene rings is 2. The Balaban J connectivity index is 2.01. The van der Waals surface area contributed by atoms with Crippen LogP contribution in [0.25, 0.3) is 11.0 Å². The van der Waals surface area contributed by atoms with E-state index in [-0.39, 0.29) is 11.5 Å². The number of esters is 1. The fourth-order valence-electron chi connectivity index (χ4n) is 2.67. The van der Waals surface area contributed by atoms with Crippen LogP contribution in [0.15, 0.2) is 46.9 Å². The molecule has 0 atom stereocenters. The number of nitrogens with one attached hydrogen (secondary N) is 1. The van der Waals surface area contributed by atoms with E-state index >= 15 is 0 Å². The highest BCUT2D eigenvalue weighted by Gasteiger charge is 2.21. The van der Waals surface area contributed by atoms with Gasteiger partial charge in [0.15, 0.2) is 0 Å². The van der Waals surface area contributed by atoms with Crippen LogP contribution >= 0.6 is 0 Å². The largest absolute Gasteiger partial charge is 0.497 e. The predicted molar refractivity (Wildman–Crippen MR) is 93.2 cm³/mol. The van der Waals surface area contributed by atoms with Gasteiger partial charge < -0.3 is 19.2 Å². The van der Waals surface area contributed by atoms with Crippen LogP contribution in [0.2, 0.25) is 0 Å². The number of para-hydroxylation sites is 1. The lowest BCUT2D eigenvalue weighted by atomic mass is 10.1. The first kappa shape index (κ1) is 16.6. The Morgan fingerprint density at radius 2 is 1.84 bits per heavy atom. The summed E-state index contributed by atoms with van der Waals surface area (Å²) in [4.78, 5) is 24.7. The van der Waals surface area contributed by atoms with Crippen molar-refractivity contribution in [3.05, 3.63) is 59.4 Å². The topological polar surface area (TPSA) is 77.8 Å². The number of carbonyl (C=O) groups excluding carboxylic acids is 2. The summed E-state index contributed by atoms with van der Waals surface area (Å²) in [6.45, 7) is 1.72. The van der Waals surface area contributed by atoms with Gasteiger partial charge in [-0.1, -0.05) is 12.1 Å². The standard InChI is InChI=1S/C19H17NO5/c1-11-17(14-10-12(23-2)8-9-16(14)25-11)18(21)20-15-7-5-4-6-13(15)19(22)24-3/h4-10H,1-3H3,(H,20,21). The van der Waals surface area contributed by atoms with Crippen LogP contribution in [-0.2, 0) is 4.74 Å². The van der Waals surface area contributed by atoms with Crippen molar-refractivity contribution in [2.75, 3.05) is 19.5 Å². The van der Waals surface area contributed by atoms with E-state index in [1.807, 2.05) is 0 Å². The lowest BCUT2D eigenvalue weighted by molar-refractivity contribution is 0.0602. The zero-order valence-corrected chi connectivity index (χ0v) is 14.1. The summed E-state index contributed by atoms with van der Waals surface area (Å²) >= 11 is 0. The maximum absolute atomic E-state index is 12.8. The first-order valence-corrected chi connectivity index (χ1v) is 7.61. The first-order valence-electron chi connectivity index (χ1n) is 7.61. The fraction of sp³-hybridized carbons (Fsp3) is 0.158. The molecule has 0 spiro atoms. The molecule has 0 aliphatic heterocycles. The van der Waals surface area contributed by atoms with Crippen molar-refractivity contribution in [2.45, 2.75) is 6.92 Å². The number of rotatable bonds is 4. The van der Waals surface area contributed by atoms with Crippen molar-refractivity contribution in [1.29, 1.82) is 0 Å². The van der Waals surface area contributed by atoms with Gasteiger partial charge in [-0.15, -0.1) is 0 Å². The summed E-state index contributed by atoms with van der Waals surface area (Å²) in [7, 11) is 2.85. The first-order chi connectivity index (χ1) is 12.0. The molecule has 1 heterocycles. The molecule has 128 valence electrons. The minimum absolute atomic E-state index is 0.279. The summed E-state index contributed by atoms with van der Waals surface area (Å²) in [5.41, 5.74) is 1.63. The minimum Gasteiger partial charge on any atom is -0.497 e. The SMILES string of the molecule is COC(=O)c1ccccc1NC(=O)c1c(C)oc2ccc(OC)cc12. The van der Waals surface area contributed by atoms with E-state index in [4.69, 9.17) is 13.9 Å². The Kier molecular flexibility index (Phi) is 4.43. The quantitative estimate of drug-likeness (QED) is 0.732. The molecule has 0 saturated carbocycles. The highest BCUT2D eigenvalue weighted by molar-refractivity contribution is 6.15.